The van der Waals surface area contributed by atoms with Gasteiger partial charge in [0.15, 0.2) is 0 Å². The van der Waals surface area contributed by atoms with Gasteiger partial charge in [-0.05, 0) is 24.7 Å². The molecule has 0 bridgehead atoms. The number of hydrogen-bond donors (Lipinski definition) is 0. The monoisotopic (exact) mass is 154 g/mol. The standard InChI is InChI=1S/C9H16.C2H6/c1-7(2)9-5-4-8(3)6-9;1-2/h5,7-8H,4,6H2,1-3H3;1-2H3. The van der Waals surface area contributed by atoms with Gasteiger partial charge in [0.2, 0.25) is 0 Å². The Balaban J connectivity index is 0.000000461. The molecule has 1 aliphatic carbocycles. The molecule has 0 radical (unpaired) electrons. The van der Waals surface area contributed by atoms with Gasteiger partial charge in [0.05, 0.1) is 0 Å². The first-order chi connectivity index (χ1) is 5.20. The zero-order valence-electron chi connectivity index (χ0n) is 8.65. The lowest BCUT2D eigenvalue weighted by atomic mass is 10.0. The molecule has 0 saturated carbocycles. The zero-order chi connectivity index (χ0) is 8.85. The molecule has 0 spiro atoms. The maximum Gasteiger partial charge on any atom is -0.0260 e. The Morgan fingerprint density at radius 2 is 1.91 bits per heavy atom. The molecule has 0 heteroatoms. The third-order valence-corrected chi connectivity index (χ3v) is 2.11. The summed E-state index contributed by atoms with van der Waals surface area (Å²) >= 11 is 0. The van der Waals surface area contributed by atoms with Crippen LogP contribution in [0.15, 0.2) is 11.6 Å². The van der Waals surface area contributed by atoms with E-state index in [4.69, 9.17) is 0 Å². The fraction of sp³-hybridized carbons (Fsp3) is 0.818. The lowest BCUT2D eigenvalue weighted by molar-refractivity contribution is 0.597. The first kappa shape index (κ1) is 10.7. The minimum Gasteiger partial charge on any atom is -0.0848 e. The molecule has 0 aromatic rings. The van der Waals surface area contributed by atoms with Gasteiger partial charge in [-0.1, -0.05) is 46.3 Å². The predicted octanol–water partition coefficient (Wildman–Crippen LogP) is 4.02. The summed E-state index contributed by atoms with van der Waals surface area (Å²) in [5, 5.41) is 0. The summed E-state index contributed by atoms with van der Waals surface area (Å²) in [6, 6.07) is 0. The SMILES string of the molecule is CC.CC1CC=C(C(C)C)C1. The summed E-state index contributed by atoms with van der Waals surface area (Å²) in [5.74, 6) is 1.71. The first-order valence-corrected chi connectivity index (χ1v) is 4.89. The van der Waals surface area contributed by atoms with Gasteiger partial charge in [-0.2, -0.15) is 0 Å². The molecule has 66 valence electrons. The molecule has 1 atom stereocenters. The summed E-state index contributed by atoms with van der Waals surface area (Å²) in [6.45, 7) is 10.9. The molecule has 0 aliphatic heterocycles. The second-order valence-corrected chi connectivity index (χ2v) is 3.48. The molecule has 1 unspecified atom stereocenters. The van der Waals surface area contributed by atoms with Crippen LogP contribution in [0.3, 0.4) is 0 Å². The molecule has 0 aromatic carbocycles. The molecular formula is C11H22. The molecule has 11 heavy (non-hydrogen) atoms. The average Bonchev–Trinajstić information content (AvgIpc) is 2.40. The summed E-state index contributed by atoms with van der Waals surface area (Å²) in [5.41, 5.74) is 1.67. The van der Waals surface area contributed by atoms with E-state index in [-0.39, 0.29) is 0 Å². The van der Waals surface area contributed by atoms with Crippen LogP contribution in [0.5, 0.6) is 0 Å². The summed E-state index contributed by atoms with van der Waals surface area (Å²) in [4.78, 5) is 0. The van der Waals surface area contributed by atoms with E-state index < -0.39 is 0 Å². The van der Waals surface area contributed by atoms with Crippen LogP contribution in [-0.4, -0.2) is 0 Å². The zero-order valence-corrected chi connectivity index (χ0v) is 8.65. The van der Waals surface area contributed by atoms with Gasteiger partial charge in [0, 0.05) is 0 Å². The predicted molar refractivity (Wildman–Crippen MR) is 52.7 cm³/mol. The van der Waals surface area contributed by atoms with Crippen molar-refractivity contribution in [2.24, 2.45) is 11.8 Å². The Morgan fingerprint density at radius 1 is 1.36 bits per heavy atom. The highest BCUT2D eigenvalue weighted by Crippen LogP contribution is 2.28. The van der Waals surface area contributed by atoms with Crippen molar-refractivity contribution >= 4 is 0 Å². The molecule has 0 fully saturated rings. The molecule has 1 rings (SSSR count). The maximum atomic E-state index is 2.41. The van der Waals surface area contributed by atoms with E-state index in [1.807, 2.05) is 13.8 Å². The van der Waals surface area contributed by atoms with E-state index >= 15 is 0 Å². The molecule has 0 nitrogen and oxygen atoms in total. The third-order valence-electron chi connectivity index (χ3n) is 2.11. The van der Waals surface area contributed by atoms with E-state index in [1.54, 1.807) is 5.57 Å². The van der Waals surface area contributed by atoms with Gasteiger partial charge in [-0.3, -0.25) is 0 Å². The Bertz CT molecular complexity index is 120. The van der Waals surface area contributed by atoms with Crippen LogP contribution in [0.1, 0.15) is 47.5 Å². The van der Waals surface area contributed by atoms with Crippen molar-refractivity contribution in [3.63, 3.8) is 0 Å². The van der Waals surface area contributed by atoms with Crippen LogP contribution in [0.25, 0.3) is 0 Å². The van der Waals surface area contributed by atoms with Crippen molar-refractivity contribution < 1.29 is 0 Å². The largest absolute Gasteiger partial charge is 0.0848 e. The molecule has 0 N–H and O–H groups in total. The Morgan fingerprint density at radius 3 is 2.09 bits per heavy atom. The minimum atomic E-state index is 0.787. The molecule has 0 amide bonds. The topological polar surface area (TPSA) is 0 Å². The number of rotatable bonds is 1. The Labute approximate surface area is 71.7 Å². The second-order valence-electron chi connectivity index (χ2n) is 3.48. The van der Waals surface area contributed by atoms with Crippen LogP contribution in [0.2, 0.25) is 0 Å². The smallest absolute Gasteiger partial charge is 0.0260 e. The Kier molecular flexibility index (Phi) is 5.27. The van der Waals surface area contributed by atoms with Crippen LogP contribution in [-0.2, 0) is 0 Å². The second kappa shape index (κ2) is 5.40. The quantitative estimate of drug-likeness (QED) is 0.500. The van der Waals surface area contributed by atoms with Gasteiger partial charge >= 0.3 is 0 Å². The van der Waals surface area contributed by atoms with Crippen LogP contribution in [0.4, 0.5) is 0 Å². The van der Waals surface area contributed by atoms with Gasteiger partial charge in [-0.15, -0.1) is 0 Å². The highest BCUT2D eigenvalue weighted by Gasteiger charge is 2.13. The minimum absolute atomic E-state index is 0.787. The van der Waals surface area contributed by atoms with Gasteiger partial charge in [-0.25, -0.2) is 0 Å². The lowest BCUT2D eigenvalue weighted by Gasteiger charge is -2.06. The summed E-state index contributed by atoms with van der Waals surface area (Å²) < 4.78 is 0. The van der Waals surface area contributed by atoms with E-state index in [2.05, 4.69) is 26.8 Å². The van der Waals surface area contributed by atoms with Crippen molar-refractivity contribution in [2.45, 2.75) is 47.5 Å². The molecule has 1 aliphatic rings. The summed E-state index contributed by atoms with van der Waals surface area (Å²) in [6.07, 6.45) is 5.07. The highest BCUT2D eigenvalue weighted by molar-refractivity contribution is 5.11. The normalized spacial score (nSPS) is 22.7. The third kappa shape index (κ3) is 3.60. The highest BCUT2D eigenvalue weighted by atomic mass is 14.2. The van der Waals surface area contributed by atoms with E-state index in [1.165, 1.54) is 12.8 Å². The molecular weight excluding hydrogens is 132 g/mol. The van der Waals surface area contributed by atoms with Crippen molar-refractivity contribution in [3.8, 4) is 0 Å². The van der Waals surface area contributed by atoms with Crippen LogP contribution < -0.4 is 0 Å². The maximum absolute atomic E-state index is 2.41. The lowest BCUT2D eigenvalue weighted by Crippen LogP contribution is -1.92. The van der Waals surface area contributed by atoms with Crippen molar-refractivity contribution in [3.05, 3.63) is 11.6 Å². The van der Waals surface area contributed by atoms with Crippen molar-refractivity contribution in [1.29, 1.82) is 0 Å². The van der Waals surface area contributed by atoms with Crippen LogP contribution >= 0.6 is 0 Å². The fourth-order valence-corrected chi connectivity index (χ4v) is 1.39. The first-order valence-electron chi connectivity index (χ1n) is 4.89. The fourth-order valence-electron chi connectivity index (χ4n) is 1.39. The van der Waals surface area contributed by atoms with Gasteiger partial charge in [0.25, 0.3) is 0 Å². The van der Waals surface area contributed by atoms with E-state index in [0.717, 1.165) is 11.8 Å². The molecule has 0 heterocycles. The van der Waals surface area contributed by atoms with Gasteiger partial charge in [0.1, 0.15) is 0 Å². The number of hydrogen-bond acceptors (Lipinski definition) is 0. The van der Waals surface area contributed by atoms with E-state index in [0.29, 0.717) is 0 Å². The molecule has 0 aromatic heterocycles. The Hall–Kier alpha value is -0.260. The van der Waals surface area contributed by atoms with Crippen molar-refractivity contribution in [2.75, 3.05) is 0 Å². The summed E-state index contributed by atoms with van der Waals surface area (Å²) in [7, 11) is 0. The van der Waals surface area contributed by atoms with Crippen molar-refractivity contribution in [1.82, 2.24) is 0 Å². The van der Waals surface area contributed by atoms with E-state index in [9.17, 15) is 0 Å². The molecule has 0 saturated heterocycles. The number of allylic oxidation sites excluding steroid dienone is 2. The van der Waals surface area contributed by atoms with Crippen LogP contribution in [0, 0.1) is 11.8 Å². The van der Waals surface area contributed by atoms with Gasteiger partial charge < -0.3 is 0 Å². The average molecular weight is 154 g/mol.